The predicted octanol–water partition coefficient (Wildman–Crippen LogP) is 25.0. The third-order valence-electron chi connectivity index (χ3n) is 19.4. The average Bonchev–Trinajstić information content (AvgIpc) is 0.995. The molecule has 0 saturated heterocycles. The van der Waals surface area contributed by atoms with Crippen LogP contribution in [0, 0.1) is 0 Å². The second kappa shape index (κ2) is 76.3. The molecule has 3 N–H and O–H groups in total. The number of carbonyl (C=O) groups is 4. The highest BCUT2D eigenvalue weighted by Crippen LogP contribution is 2.45. The van der Waals surface area contributed by atoms with Crippen molar-refractivity contribution in [2.75, 3.05) is 39.6 Å². The Balaban J connectivity index is 5.18. The van der Waals surface area contributed by atoms with Crippen molar-refractivity contribution in [2.24, 2.45) is 0 Å². The Kier molecular flexibility index (Phi) is 74.8. The molecule has 0 aromatic heterocycles. The molecule has 0 aromatic carbocycles. The quantitative estimate of drug-likeness (QED) is 0.0222. The van der Waals surface area contributed by atoms with Crippen LogP contribution in [-0.4, -0.2) is 96.7 Å². The van der Waals surface area contributed by atoms with E-state index in [2.05, 4.69) is 27.7 Å². The lowest BCUT2D eigenvalue weighted by atomic mass is 10.0. The van der Waals surface area contributed by atoms with E-state index in [1.165, 1.54) is 276 Å². The molecule has 0 amide bonds. The van der Waals surface area contributed by atoms with Gasteiger partial charge in [-0.3, -0.25) is 37.3 Å². The zero-order valence-corrected chi connectivity index (χ0v) is 67.7. The highest BCUT2D eigenvalue weighted by Gasteiger charge is 2.30. The lowest BCUT2D eigenvalue weighted by Crippen LogP contribution is -2.30. The first-order valence-corrected chi connectivity index (χ1v) is 45.8. The first-order valence-electron chi connectivity index (χ1n) is 42.8. The highest BCUT2D eigenvalue weighted by molar-refractivity contribution is 7.47. The van der Waals surface area contributed by atoms with Crippen LogP contribution >= 0.6 is 15.6 Å². The fourth-order valence-corrected chi connectivity index (χ4v) is 14.4. The average molecular weight is 1480 g/mol. The largest absolute Gasteiger partial charge is 0.472 e. The maximum Gasteiger partial charge on any atom is 0.472 e. The molecule has 2 unspecified atom stereocenters. The van der Waals surface area contributed by atoms with E-state index >= 15 is 0 Å². The number of hydrogen-bond donors (Lipinski definition) is 3. The van der Waals surface area contributed by atoms with Crippen molar-refractivity contribution in [1.29, 1.82) is 0 Å². The third kappa shape index (κ3) is 76.1. The summed E-state index contributed by atoms with van der Waals surface area (Å²) >= 11 is 0. The monoisotopic (exact) mass is 1480 g/mol. The molecule has 0 aliphatic heterocycles. The van der Waals surface area contributed by atoms with Gasteiger partial charge in [-0.15, -0.1) is 0 Å². The van der Waals surface area contributed by atoms with E-state index in [9.17, 15) is 43.2 Å². The minimum absolute atomic E-state index is 0.109. The van der Waals surface area contributed by atoms with Gasteiger partial charge in [0.15, 0.2) is 12.2 Å². The summed E-state index contributed by atoms with van der Waals surface area (Å²) in [4.78, 5) is 73.0. The van der Waals surface area contributed by atoms with Gasteiger partial charge in [-0.05, 0) is 25.7 Å². The summed E-state index contributed by atoms with van der Waals surface area (Å²) in [5.74, 6) is -2.11. The molecule has 0 heterocycles. The summed E-state index contributed by atoms with van der Waals surface area (Å²) in [5, 5.41) is 10.6. The number of esters is 4. The van der Waals surface area contributed by atoms with Crippen LogP contribution in [0.1, 0.15) is 445 Å². The molecular weight excluding hydrogens is 1320 g/mol. The molecule has 0 bridgehead atoms. The van der Waals surface area contributed by atoms with Gasteiger partial charge in [-0.2, -0.15) is 0 Å². The number of hydrogen-bond acceptors (Lipinski definition) is 15. The topological polar surface area (TPSA) is 237 Å². The highest BCUT2D eigenvalue weighted by atomic mass is 31.2. The van der Waals surface area contributed by atoms with Crippen LogP contribution in [0.25, 0.3) is 0 Å². The number of unbranched alkanes of at least 4 members (excludes halogenated alkanes) is 57. The predicted molar refractivity (Wildman–Crippen MR) is 414 cm³/mol. The van der Waals surface area contributed by atoms with E-state index < -0.39 is 97.5 Å². The van der Waals surface area contributed by atoms with Crippen LogP contribution in [0.5, 0.6) is 0 Å². The Labute approximate surface area is 619 Å². The van der Waals surface area contributed by atoms with Crippen LogP contribution in [0.2, 0.25) is 0 Å². The maximum atomic E-state index is 13.1. The van der Waals surface area contributed by atoms with Gasteiger partial charge in [-0.25, -0.2) is 9.13 Å². The first kappa shape index (κ1) is 99.1. The summed E-state index contributed by atoms with van der Waals surface area (Å²) in [7, 11) is -9.92. The summed E-state index contributed by atoms with van der Waals surface area (Å²) in [6.45, 7) is 5.01. The fraction of sp³-hybridized carbons (Fsp3) is 0.951. The van der Waals surface area contributed by atoms with E-state index in [1.807, 2.05) is 0 Å². The van der Waals surface area contributed by atoms with Crippen molar-refractivity contribution in [2.45, 2.75) is 463 Å². The van der Waals surface area contributed by atoms with E-state index in [0.717, 1.165) is 89.9 Å². The SMILES string of the molecule is CCCCCCCCCCCCCCCCCCCCCCCC(=O)O[C@H](COC(=O)CCCCCCCCCCCCCCCCCC)COP(=O)(O)OC[C@@H](O)COP(=O)(O)OC[C@@H](COC(=O)CCCCCCCCCC)OC(=O)CCCCCCCCCCCCCCCCCC. The second-order valence-electron chi connectivity index (χ2n) is 29.5. The van der Waals surface area contributed by atoms with Gasteiger partial charge in [0.2, 0.25) is 0 Å². The third-order valence-corrected chi connectivity index (χ3v) is 21.3. The molecule has 0 aliphatic rings. The van der Waals surface area contributed by atoms with E-state index in [-0.39, 0.29) is 25.7 Å². The molecule has 0 spiro atoms. The van der Waals surface area contributed by atoms with Crippen LogP contribution in [0.15, 0.2) is 0 Å². The zero-order valence-electron chi connectivity index (χ0n) is 65.9. The van der Waals surface area contributed by atoms with Gasteiger partial charge in [0.1, 0.15) is 19.3 Å². The Hall–Kier alpha value is -1.94. The number of rotatable bonds is 83. The Morgan fingerprint density at radius 2 is 0.396 bits per heavy atom. The van der Waals surface area contributed by atoms with Crippen molar-refractivity contribution in [3.63, 3.8) is 0 Å². The lowest BCUT2D eigenvalue weighted by molar-refractivity contribution is -0.161. The van der Waals surface area contributed by atoms with Crippen molar-refractivity contribution in [3.8, 4) is 0 Å². The number of aliphatic hydroxyl groups is 1. The van der Waals surface area contributed by atoms with Gasteiger partial charge in [0.25, 0.3) is 0 Å². The normalized spacial score (nSPS) is 13.8. The Morgan fingerprint density at radius 1 is 0.238 bits per heavy atom. The first-order chi connectivity index (χ1) is 49.2. The van der Waals surface area contributed by atoms with Gasteiger partial charge < -0.3 is 33.8 Å². The summed E-state index contributed by atoms with van der Waals surface area (Å²) in [6, 6.07) is 0. The second-order valence-corrected chi connectivity index (χ2v) is 32.4. The van der Waals surface area contributed by atoms with Crippen molar-refractivity contribution in [1.82, 2.24) is 0 Å². The van der Waals surface area contributed by atoms with Gasteiger partial charge in [-0.1, -0.05) is 394 Å². The number of aliphatic hydroxyl groups excluding tert-OH is 1. The smallest absolute Gasteiger partial charge is 0.462 e. The molecule has 0 saturated carbocycles. The molecule has 0 aromatic rings. The molecule has 101 heavy (non-hydrogen) atoms. The van der Waals surface area contributed by atoms with Crippen LogP contribution in [0.4, 0.5) is 0 Å². The summed E-state index contributed by atoms with van der Waals surface area (Å²) in [5.41, 5.74) is 0. The molecule has 600 valence electrons. The molecule has 0 fully saturated rings. The standard InChI is InChI=1S/C82H160O17P2/c1-5-9-13-17-21-25-28-31-34-37-38-39-40-41-44-47-50-53-57-61-65-69-82(87)99-78(73-93-80(85)67-63-59-55-51-48-45-42-35-32-29-26-22-18-14-10-6-2)75-97-101(90,91)95-71-76(83)70-94-100(88,89)96-74-77(72-92-79(84)66-62-58-54-24-20-16-12-8-4)98-81(86)68-64-60-56-52-49-46-43-36-33-30-27-23-19-15-11-7-3/h76-78,83H,5-75H2,1-4H3,(H,88,89)(H,90,91)/t76-,77+,78+/m0/s1. The summed E-state index contributed by atoms with van der Waals surface area (Å²) < 4.78 is 68.7. The Bertz CT molecular complexity index is 1910. The van der Waals surface area contributed by atoms with Crippen LogP contribution < -0.4 is 0 Å². The molecule has 0 aliphatic carbocycles. The van der Waals surface area contributed by atoms with Gasteiger partial charge >= 0.3 is 39.5 Å². The number of phosphoric ester groups is 2. The van der Waals surface area contributed by atoms with Crippen LogP contribution in [0.3, 0.4) is 0 Å². The van der Waals surface area contributed by atoms with Crippen molar-refractivity contribution >= 4 is 39.5 Å². The number of ether oxygens (including phenoxy) is 4. The molecule has 0 rings (SSSR count). The molecular formula is C82H160O17P2. The molecule has 0 radical (unpaired) electrons. The number of phosphoric acid groups is 2. The van der Waals surface area contributed by atoms with Gasteiger partial charge in [0, 0.05) is 25.7 Å². The Morgan fingerprint density at radius 3 is 0.584 bits per heavy atom. The lowest BCUT2D eigenvalue weighted by Gasteiger charge is -2.21. The minimum Gasteiger partial charge on any atom is -0.462 e. The summed E-state index contributed by atoms with van der Waals surface area (Å²) in [6.07, 6.45) is 69.5. The van der Waals surface area contributed by atoms with Crippen molar-refractivity contribution < 1.29 is 80.2 Å². The molecule has 19 heteroatoms. The van der Waals surface area contributed by atoms with E-state index in [1.54, 1.807) is 0 Å². The molecule has 5 atom stereocenters. The minimum atomic E-state index is -4.96. The van der Waals surface area contributed by atoms with Crippen molar-refractivity contribution in [3.05, 3.63) is 0 Å². The number of carbonyl (C=O) groups excluding carboxylic acids is 4. The zero-order chi connectivity index (χ0) is 73.9. The van der Waals surface area contributed by atoms with E-state index in [4.69, 9.17) is 37.0 Å². The molecule has 17 nitrogen and oxygen atoms in total. The maximum absolute atomic E-state index is 13.1. The fourth-order valence-electron chi connectivity index (χ4n) is 12.8. The van der Waals surface area contributed by atoms with Crippen LogP contribution in [-0.2, 0) is 65.4 Å². The van der Waals surface area contributed by atoms with Gasteiger partial charge in [0.05, 0.1) is 26.4 Å². The van der Waals surface area contributed by atoms with E-state index in [0.29, 0.717) is 25.7 Å².